The summed E-state index contributed by atoms with van der Waals surface area (Å²) in [5.74, 6) is -0.455. The molecule has 26 heavy (non-hydrogen) atoms. The van der Waals surface area contributed by atoms with Crippen LogP contribution in [0.3, 0.4) is 0 Å². The molecule has 0 aliphatic carbocycles. The standard InChI is InChI=1S/C20H19NO5/c1-13-19(15-9-5-6-10-17(15)26-13)16(11-18(22)23)21-20(24)25-12-14-7-3-2-4-8-14/h2-10,16H,11-12H2,1H3,(H,21,24)(H,22,23). The number of ether oxygens (including phenoxy) is 1. The number of nitrogens with one attached hydrogen (secondary N) is 1. The van der Waals surface area contributed by atoms with E-state index in [1.807, 2.05) is 48.5 Å². The van der Waals surface area contributed by atoms with Gasteiger partial charge in [-0.3, -0.25) is 4.79 Å². The fourth-order valence-corrected chi connectivity index (χ4v) is 2.93. The number of carboxylic acids is 1. The summed E-state index contributed by atoms with van der Waals surface area (Å²) in [6.45, 7) is 1.86. The van der Waals surface area contributed by atoms with Crippen LogP contribution in [0.25, 0.3) is 11.0 Å². The molecule has 6 nitrogen and oxygen atoms in total. The molecular formula is C20H19NO5. The van der Waals surface area contributed by atoms with Crippen molar-refractivity contribution in [2.45, 2.75) is 26.0 Å². The van der Waals surface area contributed by atoms with Gasteiger partial charge in [-0.1, -0.05) is 48.5 Å². The highest BCUT2D eigenvalue weighted by Gasteiger charge is 2.25. The second kappa shape index (κ2) is 7.74. The van der Waals surface area contributed by atoms with Gasteiger partial charge in [-0.25, -0.2) is 4.79 Å². The van der Waals surface area contributed by atoms with E-state index in [4.69, 9.17) is 9.15 Å². The highest BCUT2D eigenvalue weighted by atomic mass is 16.5. The van der Waals surface area contributed by atoms with Crippen LogP contribution >= 0.6 is 0 Å². The molecule has 2 N–H and O–H groups in total. The number of rotatable bonds is 6. The number of carbonyl (C=O) groups excluding carboxylic acids is 1. The van der Waals surface area contributed by atoms with E-state index in [1.54, 1.807) is 13.0 Å². The zero-order valence-electron chi connectivity index (χ0n) is 14.3. The second-order valence-electron chi connectivity index (χ2n) is 5.92. The second-order valence-corrected chi connectivity index (χ2v) is 5.92. The first-order valence-corrected chi connectivity index (χ1v) is 8.21. The first-order chi connectivity index (χ1) is 12.5. The minimum Gasteiger partial charge on any atom is -0.481 e. The average Bonchev–Trinajstić information content (AvgIpc) is 2.95. The Morgan fingerprint density at radius 2 is 1.81 bits per heavy atom. The van der Waals surface area contributed by atoms with Crippen LogP contribution in [0.5, 0.6) is 0 Å². The van der Waals surface area contributed by atoms with Crippen molar-refractivity contribution in [3.8, 4) is 0 Å². The van der Waals surface area contributed by atoms with Gasteiger partial charge in [0.05, 0.1) is 12.5 Å². The number of hydrogen-bond donors (Lipinski definition) is 2. The highest BCUT2D eigenvalue weighted by Crippen LogP contribution is 2.32. The van der Waals surface area contributed by atoms with Crippen LogP contribution in [0, 0.1) is 6.92 Å². The molecule has 134 valence electrons. The van der Waals surface area contributed by atoms with Crippen molar-refractivity contribution in [3.05, 3.63) is 71.5 Å². The Morgan fingerprint density at radius 3 is 2.54 bits per heavy atom. The maximum atomic E-state index is 12.2. The van der Waals surface area contributed by atoms with Crippen LogP contribution < -0.4 is 5.32 Å². The first-order valence-electron chi connectivity index (χ1n) is 8.21. The molecule has 0 radical (unpaired) electrons. The molecular weight excluding hydrogens is 334 g/mol. The normalized spacial score (nSPS) is 11.9. The van der Waals surface area contributed by atoms with Crippen LogP contribution in [-0.2, 0) is 16.1 Å². The summed E-state index contributed by atoms with van der Waals surface area (Å²) < 4.78 is 10.9. The van der Waals surface area contributed by atoms with E-state index in [-0.39, 0.29) is 13.0 Å². The molecule has 3 rings (SSSR count). The van der Waals surface area contributed by atoms with E-state index in [1.165, 1.54) is 0 Å². The van der Waals surface area contributed by atoms with Gasteiger partial charge >= 0.3 is 12.1 Å². The summed E-state index contributed by atoms with van der Waals surface area (Å²) in [4.78, 5) is 23.5. The van der Waals surface area contributed by atoms with Crippen molar-refractivity contribution in [1.82, 2.24) is 5.32 Å². The topological polar surface area (TPSA) is 88.8 Å². The van der Waals surface area contributed by atoms with Crippen molar-refractivity contribution >= 4 is 23.0 Å². The summed E-state index contributed by atoms with van der Waals surface area (Å²) in [7, 11) is 0. The number of amides is 1. The minimum atomic E-state index is -1.02. The molecule has 3 aromatic rings. The lowest BCUT2D eigenvalue weighted by Crippen LogP contribution is -2.31. The Bertz CT molecular complexity index is 916. The molecule has 0 aliphatic rings. The lowest BCUT2D eigenvalue weighted by atomic mass is 10.0. The van der Waals surface area contributed by atoms with E-state index < -0.39 is 18.1 Å². The molecule has 1 aromatic heterocycles. The van der Waals surface area contributed by atoms with Crippen LogP contribution in [0.15, 0.2) is 59.0 Å². The number of furan rings is 1. The molecule has 6 heteroatoms. The fourth-order valence-electron chi connectivity index (χ4n) is 2.93. The Hall–Kier alpha value is -3.28. The van der Waals surface area contributed by atoms with Crippen molar-refractivity contribution in [2.24, 2.45) is 0 Å². The summed E-state index contributed by atoms with van der Waals surface area (Å²) in [6, 6.07) is 15.8. The third-order valence-electron chi connectivity index (χ3n) is 4.05. The van der Waals surface area contributed by atoms with Gasteiger partial charge in [0.15, 0.2) is 0 Å². The Morgan fingerprint density at radius 1 is 1.12 bits per heavy atom. The van der Waals surface area contributed by atoms with Crippen molar-refractivity contribution < 1.29 is 23.8 Å². The number of hydrogen-bond acceptors (Lipinski definition) is 4. The number of carbonyl (C=O) groups is 2. The van der Waals surface area contributed by atoms with Crippen LogP contribution in [0.1, 0.15) is 29.3 Å². The predicted octanol–water partition coefficient (Wildman–Crippen LogP) is 4.18. The Labute approximate surface area is 150 Å². The maximum absolute atomic E-state index is 12.2. The van der Waals surface area contributed by atoms with Crippen molar-refractivity contribution in [1.29, 1.82) is 0 Å². The zero-order chi connectivity index (χ0) is 18.5. The Balaban J connectivity index is 1.78. The Kier molecular flexibility index (Phi) is 5.22. The SMILES string of the molecule is Cc1oc2ccccc2c1C(CC(=O)O)NC(=O)OCc1ccccc1. The smallest absolute Gasteiger partial charge is 0.407 e. The van der Waals surface area contributed by atoms with E-state index in [0.29, 0.717) is 16.9 Å². The molecule has 0 fully saturated rings. The fraction of sp³-hybridized carbons (Fsp3) is 0.200. The maximum Gasteiger partial charge on any atom is 0.407 e. The van der Waals surface area contributed by atoms with Crippen molar-refractivity contribution in [3.63, 3.8) is 0 Å². The number of benzene rings is 2. The summed E-state index contributed by atoms with van der Waals surface area (Å²) in [5.41, 5.74) is 2.15. The number of para-hydroxylation sites is 1. The minimum absolute atomic E-state index is 0.109. The molecule has 0 bridgehead atoms. The number of alkyl carbamates (subject to hydrolysis) is 1. The number of fused-ring (bicyclic) bond motifs is 1. The molecule has 0 saturated carbocycles. The molecule has 1 amide bonds. The average molecular weight is 353 g/mol. The van der Waals surface area contributed by atoms with Gasteiger partial charge in [0, 0.05) is 10.9 Å². The van der Waals surface area contributed by atoms with Gasteiger partial charge in [-0.05, 0) is 18.6 Å². The van der Waals surface area contributed by atoms with Crippen LogP contribution in [0.2, 0.25) is 0 Å². The molecule has 1 atom stereocenters. The summed E-state index contributed by atoms with van der Waals surface area (Å²) in [6.07, 6.45) is -0.949. The monoisotopic (exact) mass is 353 g/mol. The molecule has 0 saturated heterocycles. The van der Waals surface area contributed by atoms with Gasteiger partial charge in [0.25, 0.3) is 0 Å². The third kappa shape index (κ3) is 4.03. The van der Waals surface area contributed by atoms with E-state index in [0.717, 1.165) is 10.9 Å². The van der Waals surface area contributed by atoms with E-state index >= 15 is 0 Å². The highest BCUT2D eigenvalue weighted by molar-refractivity contribution is 5.84. The number of aryl methyl sites for hydroxylation is 1. The number of carboxylic acid groups (broad SMARTS) is 1. The summed E-state index contributed by atoms with van der Waals surface area (Å²) >= 11 is 0. The third-order valence-corrected chi connectivity index (χ3v) is 4.05. The van der Waals surface area contributed by atoms with Gasteiger partial charge in [-0.2, -0.15) is 0 Å². The van der Waals surface area contributed by atoms with Gasteiger partial charge in [-0.15, -0.1) is 0 Å². The van der Waals surface area contributed by atoms with Crippen LogP contribution in [0.4, 0.5) is 4.79 Å². The van der Waals surface area contributed by atoms with Gasteiger partial charge in [0.2, 0.25) is 0 Å². The van der Waals surface area contributed by atoms with Gasteiger partial charge < -0.3 is 19.6 Å². The molecule has 2 aromatic carbocycles. The molecule has 1 heterocycles. The molecule has 1 unspecified atom stereocenters. The van der Waals surface area contributed by atoms with Crippen LogP contribution in [-0.4, -0.2) is 17.2 Å². The first kappa shape index (κ1) is 17.5. The number of aliphatic carboxylic acids is 1. The largest absolute Gasteiger partial charge is 0.481 e. The molecule has 0 aliphatic heterocycles. The lowest BCUT2D eigenvalue weighted by molar-refractivity contribution is -0.137. The quantitative estimate of drug-likeness (QED) is 0.694. The van der Waals surface area contributed by atoms with Gasteiger partial charge in [0.1, 0.15) is 18.0 Å². The summed E-state index contributed by atoms with van der Waals surface area (Å²) in [5, 5.41) is 12.7. The molecule has 0 spiro atoms. The predicted molar refractivity (Wildman–Crippen MR) is 95.7 cm³/mol. The van der Waals surface area contributed by atoms with E-state index in [2.05, 4.69) is 5.32 Å². The zero-order valence-corrected chi connectivity index (χ0v) is 14.3. The van der Waals surface area contributed by atoms with E-state index in [9.17, 15) is 14.7 Å². The lowest BCUT2D eigenvalue weighted by Gasteiger charge is -2.17. The van der Waals surface area contributed by atoms with Crippen molar-refractivity contribution in [2.75, 3.05) is 0 Å².